The van der Waals surface area contributed by atoms with E-state index in [0.717, 1.165) is 73.1 Å². The Bertz CT molecular complexity index is 9280. The number of hydrogen-bond acceptors (Lipinski definition) is 5. The molecule has 0 unspecified atom stereocenters. The number of rotatable bonds is 10. The third-order valence-corrected chi connectivity index (χ3v) is 30.1. The first-order chi connectivity index (χ1) is 66.5. The average Bonchev–Trinajstić information content (AvgIpc) is 1.54. The monoisotopic (exact) mass is 1740 g/mol. The van der Waals surface area contributed by atoms with Crippen LogP contribution in [0.5, 0.6) is 0 Å². The lowest BCUT2D eigenvalue weighted by atomic mass is 9.78. The third-order valence-electron chi connectivity index (χ3n) is 28.9. The zero-order valence-corrected chi connectivity index (χ0v) is 75.9. The summed E-state index contributed by atoms with van der Waals surface area (Å²) in [4.78, 5) is 7.09. The summed E-state index contributed by atoms with van der Waals surface area (Å²) in [6.07, 6.45) is 0. The van der Waals surface area contributed by atoms with Crippen molar-refractivity contribution < 1.29 is 4.42 Å². The van der Waals surface area contributed by atoms with Crippen LogP contribution in [0.25, 0.3) is 183 Å². The summed E-state index contributed by atoms with van der Waals surface area (Å²) in [5.74, 6) is 0. The molecule has 0 atom stereocenters. The molecule has 24 aromatic carbocycles. The van der Waals surface area contributed by atoms with Gasteiger partial charge in [-0.15, -0.1) is 11.3 Å². The fourth-order valence-electron chi connectivity index (χ4n) is 22.9. The van der Waals surface area contributed by atoms with Gasteiger partial charge in [0.15, 0.2) is 0 Å². The van der Waals surface area contributed by atoms with E-state index in [9.17, 15) is 0 Å². The first kappa shape index (κ1) is 79.3. The Labute approximate surface area is 787 Å². The highest BCUT2D eigenvalue weighted by atomic mass is 32.1. The van der Waals surface area contributed by atoms with Gasteiger partial charge in [0.2, 0.25) is 0 Å². The van der Waals surface area contributed by atoms with Gasteiger partial charge in [0.05, 0.1) is 11.1 Å². The second-order valence-corrected chi connectivity index (χ2v) is 38.3. The van der Waals surface area contributed by atoms with E-state index in [-0.39, 0.29) is 10.8 Å². The number of benzene rings is 24. The molecule has 26 aromatic rings. The van der Waals surface area contributed by atoms with E-state index in [1.807, 2.05) is 23.5 Å². The van der Waals surface area contributed by atoms with Gasteiger partial charge < -0.3 is 19.1 Å². The Morgan fingerprint density at radius 1 is 0.200 bits per heavy atom. The lowest BCUT2D eigenvalue weighted by Gasteiger charge is -2.27. The van der Waals surface area contributed by atoms with E-state index in [0.29, 0.717) is 0 Å². The topological polar surface area (TPSA) is 22.9 Å². The Kier molecular flexibility index (Phi) is 18.5. The fourth-order valence-corrected chi connectivity index (χ4v) is 24.0. The standard InChI is InChI=1S/C46H29NS.C45H31NO.C39H29N/c1-2-8-30(9-3-1)32-18-21-37(22-19-32)47(38-23-20-31-10-4-5-11-34(31)26-38)39-24-25-40-35(27-39)16-14-33-15-17-36-28-43-41-12-6-7-13-44(41)48-45(43)29-42(36)46(33)40;1-45(2)37-19-10-8-17-34(37)42-33-16-7-6-15-32(33)41-31-26-24-30(27-28(31)23-25-36(41)44(42)45)46(29-13-4-3-5-14-29)38-20-12-22-40-43(38)35-18-9-11-21-39(35)47-40;1-39(2)35-20-12-11-19-33(35)37-32-18-10-9-17-31(32)36-30-24-22-29(25-26(30)21-23-34(36)38(37)39)40(27-13-5-3-6-14-27)28-15-7-4-8-16-28/h1-29H;3-27H,1-2H3;3-25H,1-2H3. The van der Waals surface area contributed by atoms with Crippen LogP contribution in [-0.2, 0) is 10.8 Å². The zero-order valence-electron chi connectivity index (χ0n) is 75.1. The largest absolute Gasteiger partial charge is 0.456 e. The molecule has 5 heteroatoms. The molecule has 2 aliphatic carbocycles. The third kappa shape index (κ3) is 12.9. The maximum Gasteiger partial charge on any atom is 0.137 e. The summed E-state index contributed by atoms with van der Waals surface area (Å²) in [6.45, 7) is 9.54. The summed E-state index contributed by atoms with van der Waals surface area (Å²) in [6, 6.07) is 170. The minimum absolute atomic E-state index is 0.0702. The number of fused-ring (bicyclic) bond motifs is 32. The van der Waals surface area contributed by atoms with Gasteiger partial charge in [-0.3, -0.25) is 0 Å². The van der Waals surface area contributed by atoms with Crippen molar-refractivity contribution in [2.75, 3.05) is 14.7 Å². The highest BCUT2D eigenvalue weighted by Gasteiger charge is 2.41. The van der Waals surface area contributed by atoms with Crippen LogP contribution in [0.15, 0.2) is 472 Å². The molecule has 135 heavy (non-hydrogen) atoms. The van der Waals surface area contributed by atoms with Gasteiger partial charge in [-0.1, -0.05) is 361 Å². The van der Waals surface area contributed by atoms with Gasteiger partial charge in [0.25, 0.3) is 0 Å². The van der Waals surface area contributed by atoms with Crippen molar-refractivity contribution in [1.29, 1.82) is 0 Å². The Morgan fingerprint density at radius 2 is 0.578 bits per heavy atom. The molecule has 0 bridgehead atoms. The molecule has 636 valence electrons. The molecule has 0 fully saturated rings. The average molecular weight is 1740 g/mol. The van der Waals surface area contributed by atoms with Crippen LogP contribution in [0.1, 0.15) is 49.9 Å². The lowest BCUT2D eigenvalue weighted by Crippen LogP contribution is -2.15. The lowest BCUT2D eigenvalue weighted by molar-refractivity contribution is 0.666. The molecular weight excluding hydrogens is 1650 g/mol. The van der Waals surface area contributed by atoms with Gasteiger partial charge in [-0.25, -0.2) is 0 Å². The van der Waals surface area contributed by atoms with Gasteiger partial charge in [-0.05, 0) is 297 Å². The van der Waals surface area contributed by atoms with Crippen LogP contribution in [0.4, 0.5) is 51.2 Å². The summed E-state index contributed by atoms with van der Waals surface area (Å²) >= 11 is 1.89. The van der Waals surface area contributed by atoms with E-state index in [4.69, 9.17) is 4.42 Å². The van der Waals surface area contributed by atoms with Crippen molar-refractivity contribution in [3.63, 3.8) is 0 Å². The molecule has 0 spiro atoms. The summed E-state index contributed by atoms with van der Waals surface area (Å²) < 4.78 is 9.00. The SMILES string of the molecule is CC1(C)c2ccccc2-c2c1c1ccc3cc(N(c4ccccc4)c4cccc5oc6ccccc6c45)ccc3c1c1ccccc21.CC1(C)c2ccccc2-c2c1c1ccc3cc(N(c4ccccc4)c4ccccc4)ccc3c1c1ccccc21.c1ccc(-c2ccc(N(c3ccc4ccccc4c3)c3ccc4c(ccc5ccc6cc7c(cc6c54)sc4ccccc47)c3)cc2)cc1. The number of furan rings is 1. The molecule has 0 saturated carbocycles. The smallest absolute Gasteiger partial charge is 0.137 e. The summed E-state index contributed by atoms with van der Waals surface area (Å²) in [7, 11) is 0. The van der Waals surface area contributed by atoms with Crippen LogP contribution < -0.4 is 14.7 Å². The maximum absolute atomic E-state index is 6.32. The van der Waals surface area contributed by atoms with Crippen molar-refractivity contribution >= 4 is 212 Å². The molecule has 28 rings (SSSR count). The first-order valence-corrected chi connectivity index (χ1v) is 47.6. The van der Waals surface area contributed by atoms with Gasteiger partial charge in [-0.2, -0.15) is 0 Å². The molecular formula is C130H89N3OS. The van der Waals surface area contributed by atoms with E-state index in [1.54, 1.807) is 0 Å². The van der Waals surface area contributed by atoms with Crippen molar-refractivity contribution in [2.45, 2.75) is 38.5 Å². The van der Waals surface area contributed by atoms with Gasteiger partial charge >= 0.3 is 0 Å². The van der Waals surface area contributed by atoms with Crippen LogP contribution >= 0.6 is 11.3 Å². The number of anilines is 9. The molecule has 0 aliphatic heterocycles. The number of nitrogens with zero attached hydrogens (tertiary/aromatic N) is 3. The first-order valence-electron chi connectivity index (χ1n) is 46.8. The summed E-state index contributed by atoms with van der Waals surface area (Å²) in [5, 5.41) is 30.8. The van der Waals surface area contributed by atoms with Crippen LogP contribution in [0, 0.1) is 0 Å². The van der Waals surface area contributed by atoms with Crippen molar-refractivity contribution in [2.24, 2.45) is 0 Å². The quantitative estimate of drug-likeness (QED) is 0.127. The molecule has 0 radical (unpaired) electrons. The molecule has 0 N–H and O–H groups in total. The molecule has 0 saturated heterocycles. The highest BCUT2D eigenvalue weighted by molar-refractivity contribution is 7.25. The van der Waals surface area contributed by atoms with Crippen LogP contribution in [0.2, 0.25) is 0 Å². The maximum atomic E-state index is 6.32. The fraction of sp³-hybridized carbons (Fsp3) is 0.0462. The highest BCUT2D eigenvalue weighted by Crippen LogP contribution is 2.59. The normalized spacial score (nSPS) is 12.9. The predicted octanol–water partition coefficient (Wildman–Crippen LogP) is 37.5. The number of thiophene rings is 1. The number of hydrogen-bond donors (Lipinski definition) is 0. The van der Waals surface area contributed by atoms with Crippen molar-refractivity contribution in [3.8, 4) is 33.4 Å². The second-order valence-electron chi connectivity index (χ2n) is 37.2. The van der Waals surface area contributed by atoms with E-state index < -0.39 is 0 Å². The summed E-state index contributed by atoms with van der Waals surface area (Å²) in [5.41, 5.74) is 25.4. The molecule has 0 amide bonds. The minimum Gasteiger partial charge on any atom is -0.456 e. The Morgan fingerprint density at radius 3 is 1.15 bits per heavy atom. The predicted molar refractivity (Wildman–Crippen MR) is 579 cm³/mol. The van der Waals surface area contributed by atoms with Gasteiger partial charge in [0, 0.05) is 81.9 Å². The Balaban J connectivity index is 0.000000106. The van der Waals surface area contributed by atoms with Crippen LogP contribution in [-0.4, -0.2) is 0 Å². The van der Waals surface area contributed by atoms with Crippen molar-refractivity contribution in [1.82, 2.24) is 0 Å². The zero-order chi connectivity index (χ0) is 89.7. The van der Waals surface area contributed by atoms with Crippen molar-refractivity contribution in [3.05, 3.63) is 489 Å². The Hall–Kier alpha value is -16.7. The minimum atomic E-state index is -0.0992. The molecule has 2 heterocycles. The number of para-hydroxylation sites is 4. The van der Waals surface area contributed by atoms with E-state index in [1.165, 1.54) is 184 Å². The molecule has 2 aliphatic rings. The van der Waals surface area contributed by atoms with E-state index in [2.05, 4.69) is 497 Å². The molecule has 4 nitrogen and oxygen atoms in total. The van der Waals surface area contributed by atoms with E-state index >= 15 is 0 Å². The molecule has 2 aromatic heterocycles. The van der Waals surface area contributed by atoms with Gasteiger partial charge in [0.1, 0.15) is 11.2 Å². The van der Waals surface area contributed by atoms with Crippen LogP contribution in [0.3, 0.4) is 0 Å². The second kappa shape index (κ2) is 31.5.